The number of halogens is 1. The highest BCUT2D eigenvalue weighted by Gasteiger charge is 2.50. The molecule has 1 aliphatic heterocycles. The lowest BCUT2D eigenvalue weighted by Crippen LogP contribution is -2.36. The van der Waals surface area contributed by atoms with Gasteiger partial charge in [-0.05, 0) is 64.4 Å². The molecule has 5 rings (SSSR count). The molecule has 1 aliphatic carbocycles. The average molecular weight is 467 g/mol. The first-order chi connectivity index (χ1) is 16.3. The van der Waals surface area contributed by atoms with E-state index in [-0.39, 0.29) is 23.8 Å². The number of carbonyl (C=O) groups excluding carboxylic acids is 1. The molecule has 0 bridgehead atoms. The molecule has 2 unspecified atom stereocenters. The van der Waals surface area contributed by atoms with Crippen LogP contribution in [0.3, 0.4) is 0 Å². The third-order valence-electron chi connectivity index (χ3n) is 7.23. The van der Waals surface area contributed by atoms with E-state index in [1.54, 1.807) is 6.07 Å². The summed E-state index contributed by atoms with van der Waals surface area (Å²) in [7, 11) is 4.04. The summed E-state index contributed by atoms with van der Waals surface area (Å²) in [4.78, 5) is 21.5. The summed E-state index contributed by atoms with van der Waals surface area (Å²) in [6.45, 7) is 4.89. The molecule has 0 N–H and O–H groups in total. The number of nitrogens with zero attached hydrogens (tertiary/aromatic N) is 6. The minimum absolute atomic E-state index is 0.0160. The summed E-state index contributed by atoms with van der Waals surface area (Å²) in [5.41, 5.74) is 2.88. The lowest BCUT2D eigenvalue weighted by molar-refractivity contribution is -0.131. The summed E-state index contributed by atoms with van der Waals surface area (Å²) >= 11 is 0. The Kier molecular flexibility index (Phi) is 5.75. The van der Waals surface area contributed by atoms with Gasteiger partial charge in [0.2, 0.25) is 5.91 Å². The lowest BCUT2D eigenvalue weighted by atomic mass is 9.91. The van der Waals surface area contributed by atoms with Crippen LogP contribution in [0.15, 0.2) is 34.9 Å². The SMILES string of the molecule is Cc1ccccc1C1(c2noc(-c3cc(C(C)F)n(CC(=O)N4CCC(N(C)C)C4)n3)n2)CC1. The van der Waals surface area contributed by atoms with Gasteiger partial charge in [-0.3, -0.25) is 9.48 Å². The molecule has 1 saturated heterocycles. The van der Waals surface area contributed by atoms with Crippen LogP contribution in [-0.4, -0.2) is 68.9 Å². The molecule has 8 nitrogen and oxygen atoms in total. The van der Waals surface area contributed by atoms with E-state index in [2.05, 4.69) is 39.2 Å². The van der Waals surface area contributed by atoms with Gasteiger partial charge < -0.3 is 14.3 Å². The topological polar surface area (TPSA) is 80.3 Å². The first-order valence-corrected chi connectivity index (χ1v) is 11.8. The highest BCUT2D eigenvalue weighted by Crippen LogP contribution is 2.53. The molecule has 9 heteroatoms. The van der Waals surface area contributed by atoms with Crippen LogP contribution < -0.4 is 0 Å². The Morgan fingerprint density at radius 3 is 2.74 bits per heavy atom. The molecule has 0 radical (unpaired) electrons. The molecule has 2 aliphatic rings. The molecule has 0 spiro atoms. The third kappa shape index (κ3) is 4.02. The van der Waals surface area contributed by atoms with Gasteiger partial charge in [0.05, 0.1) is 11.1 Å². The maximum atomic E-state index is 14.4. The molecule has 1 saturated carbocycles. The maximum Gasteiger partial charge on any atom is 0.278 e. The van der Waals surface area contributed by atoms with Crippen LogP contribution in [0.5, 0.6) is 0 Å². The fraction of sp³-hybridized carbons (Fsp3) is 0.520. The lowest BCUT2D eigenvalue weighted by Gasteiger charge is -2.20. The van der Waals surface area contributed by atoms with Crippen molar-refractivity contribution in [2.45, 2.75) is 57.3 Å². The number of amides is 1. The Morgan fingerprint density at radius 2 is 2.09 bits per heavy atom. The summed E-state index contributed by atoms with van der Waals surface area (Å²) < 4.78 is 21.4. The van der Waals surface area contributed by atoms with E-state index in [4.69, 9.17) is 4.52 Å². The first kappa shape index (κ1) is 22.7. The maximum absolute atomic E-state index is 14.4. The number of carbonyl (C=O) groups is 1. The zero-order valence-electron chi connectivity index (χ0n) is 20.2. The van der Waals surface area contributed by atoms with Crippen molar-refractivity contribution in [3.63, 3.8) is 0 Å². The van der Waals surface area contributed by atoms with Crippen molar-refractivity contribution in [1.29, 1.82) is 0 Å². The first-order valence-electron chi connectivity index (χ1n) is 11.8. The van der Waals surface area contributed by atoms with Gasteiger partial charge in [0.1, 0.15) is 12.7 Å². The van der Waals surface area contributed by atoms with Gasteiger partial charge in [-0.1, -0.05) is 29.4 Å². The highest BCUT2D eigenvalue weighted by atomic mass is 19.1. The molecular formula is C25H31FN6O2. The fourth-order valence-corrected chi connectivity index (χ4v) is 4.97. The average Bonchev–Trinajstić information content (AvgIpc) is 3.19. The van der Waals surface area contributed by atoms with Gasteiger partial charge in [0, 0.05) is 19.1 Å². The van der Waals surface area contributed by atoms with Crippen molar-refractivity contribution in [2.75, 3.05) is 27.2 Å². The van der Waals surface area contributed by atoms with Gasteiger partial charge in [-0.2, -0.15) is 10.1 Å². The van der Waals surface area contributed by atoms with E-state index < -0.39 is 6.17 Å². The Bertz CT molecular complexity index is 1200. The number of aryl methyl sites for hydroxylation is 1. The molecule has 2 atom stereocenters. The highest BCUT2D eigenvalue weighted by molar-refractivity contribution is 5.76. The predicted molar refractivity (Wildman–Crippen MR) is 125 cm³/mol. The van der Waals surface area contributed by atoms with E-state index in [1.807, 2.05) is 31.1 Å². The largest absolute Gasteiger partial charge is 0.339 e. The van der Waals surface area contributed by atoms with Gasteiger partial charge >= 0.3 is 0 Å². The molecule has 2 fully saturated rings. The number of hydrogen-bond donors (Lipinski definition) is 0. The third-order valence-corrected chi connectivity index (χ3v) is 7.23. The second kappa shape index (κ2) is 8.61. The molecule has 3 heterocycles. The van der Waals surface area contributed by atoms with Crippen LogP contribution in [-0.2, 0) is 16.8 Å². The number of alkyl halides is 1. The summed E-state index contributed by atoms with van der Waals surface area (Å²) in [5.74, 6) is 0.810. The molecule has 3 aromatic rings. The molecule has 1 amide bonds. The summed E-state index contributed by atoms with van der Waals surface area (Å²) in [6, 6.07) is 10.2. The Labute approximate surface area is 198 Å². The Morgan fingerprint density at radius 1 is 1.32 bits per heavy atom. The van der Waals surface area contributed by atoms with E-state index in [1.165, 1.54) is 22.7 Å². The number of benzene rings is 1. The number of likely N-dealkylation sites (tertiary alicyclic amines) is 1. The molecular weight excluding hydrogens is 435 g/mol. The van der Waals surface area contributed by atoms with Crippen molar-refractivity contribution in [1.82, 2.24) is 29.7 Å². The monoisotopic (exact) mass is 466 g/mol. The Hall–Kier alpha value is -3.07. The number of hydrogen-bond acceptors (Lipinski definition) is 6. The van der Waals surface area contributed by atoms with E-state index >= 15 is 0 Å². The fourth-order valence-electron chi connectivity index (χ4n) is 4.97. The minimum atomic E-state index is -1.29. The number of rotatable bonds is 7. The van der Waals surface area contributed by atoms with E-state index in [9.17, 15) is 9.18 Å². The zero-order chi connectivity index (χ0) is 24.0. The van der Waals surface area contributed by atoms with Crippen LogP contribution >= 0.6 is 0 Å². The number of aromatic nitrogens is 4. The van der Waals surface area contributed by atoms with Crippen LogP contribution in [0.25, 0.3) is 11.6 Å². The minimum Gasteiger partial charge on any atom is -0.339 e. The predicted octanol–water partition coefficient (Wildman–Crippen LogP) is 3.51. The molecule has 34 heavy (non-hydrogen) atoms. The van der Waals surface area contributed by atoms with Crippen LogP contribution in [0.1, 0.15) is 55.0 Å². The second-order valence-electron chi connectivity index (χ2n) is 9.79. The quantitative estimate of drug-likeness (QED) is 0.530. The van der Waals surface area contributed by atoms with E-state index in [0.29, 0.717) is 36.3 Å². The van der Waals surface area contributed by atoms with Gasteiger partial charge in [0.15, 0.2) is 11.5 Å². The van der Waals surface area contributed by atoms with Crippen molar-refractivity contribution >= 4 is 5.91 Å². The van der Waals surface area contributed by atoms with Crippen molar-refractivity contribution < 1.29 is 13.7 Å². The van der Waals surface area contributed by atoms with Crippen LogP contribution in [0.2, 0.25) is 0 Å². The number of likely N-dealkylation sites (N-methyl/N-ethyl adjacent to an activating group) is 1. The van der Waals surface area contributed by atoms with Crippen LogP contribution in [0, 0.1) is 6.92 Å². The van der Waals surface area contributed by atoms with Gasteiger partial charge in [-0.25, -0.2) is 4.39 Å². The zero-order valence-corrected chi connectivity index (χ0v) is 20.2. The van der Waals surface area contributed by atoms with E-state index in [0.717, 1.165) is 19.3 Å². The second-order valence-corrected chi connectivity index (χ2v) is 9.79. The van der Waals surface area contributed by atoms with Crippen molar-refractivity contribution in [3.8, 4) is 11.6 Å². The summed E-state index contributed by atoms with van der Waals surface area (Å²) in [5, 5.41) is 8.76. The Balaban J connectivity index is 1.38. The van der Waals surface area contributed by atoms with Crippen molar-refractivity contribution in [3.05, 3.63) is 53.0 Å². The van der Waals surface area contributed by atoms with Crippen molar-refractivity contribution in [2.24, 2.45) is 0 Å². The molecule has 180 valence electrons. The summed E-state index contributed by atoms with van der Waals surface area (Å²) in [6.07, 6.45) is 1.56. The van der Waals surface area contributed by atoms with Gasteiger partial charge in [-0.15, -0.1) is 0 Å². The molecule has 1 aromatic carbocycles. The molecule has 2 aromatic heterocycles. The normalized spacial score (nSPS) is 20.2. The standard InChI is InChI=1S/C25H31FN6O2/c1-16-7-5-6-8-19(16)25(10-11-25)24-27-23(34-29-24)20-13-21(17(2)26)32(28-20)15-22(33)31-12-9-18(14-31)30(3)4/h5-8,13,17-18H,9-12,14-15H2,1-4H3. The van der Waals surface area contributed by atoms with Gasteiger partial charge in [0.25, 0.3) is 5.89 Å². The van der Waals surface area contributed by atoms with Crippen LogP contribution in [0.4, 0.5) is 4.39 Å². The smallest absolute Gasteiger partial charge is 0.278 e.